The number of benzene rings is 1. The highest BCUT2D eigenvalue weighted by Crippen LogP contribution is 2.31. The number of pyridine rings is 1. The number of phenols is 1. The third-order valence-corrected chi connectivity index (χ3v) is 4.56. The molecule has 2 saturated heterocycles. The van der Waals surface area contributed by atoms with E-state index in [0.717, 1.165) is 29.4 Å². The highest BCUT2D eigenvalue weighted by molar-refractivity contribution is 5.92. The van der Waals surface area contributed by atoms with E-state index in [1.54, 1.807) is 12.1 Å². The van der Waals surface area contributed by atoms with Gasteiger partial charge < -0.3 is 15.7 Å². The van der Waals surface area contributed by atoms with Crippen molar-refractivity contribution in [3.63, 3.8) is 0 Å². The standard InChI is InChI=1S/C16H19N3O/c20-14-4-1-10-5-6-17-16(15(10)9-14)19-13-7-11-2-3-12(8-13)18-11/h1,4-6,9,11-13,18,20H,2-3,7-8H2,(H,17,19). The third-order valence-electron chi connectivity index (χ3n) is 4.56. The van der Waals surface area contributed by atoms with E-state index in [1.165, 1.54) is 12.8 Å². The van der Waals surface area contributed by atoms with Gasteiger partial charge in [0.25, 0.3) is 0 Å². The first-order valence-corrected chi connectivity index (χ1v) is 7.38. The van der Waals surface area contributed by atoms with Crippen LogP contribution in [0, 0.1) is 0 Å². The smallest absolute Gasteiger partial charge is 0.134 e. The Hall–Kier alpha value is -1.81. The lowest BCUT2D eigenvalue weighted by Gasteiger charge is -2.30. The van der Waals surface area contributed by atoms with E-state index in [2.05, 4.69) is 15.6 Å². The van der Waals surface area contributed by atoms with E-state index in [0.29, 0.717) is 23.9 Å². The van der Waals surface area contributed by atoms with Crippen LogP contribution in [0.3, 0.4) is 0 Å². The SMILES string of the molecule is Oc1ccc2ccnc(NC3CC4CCC(C3)N4)c2c1. The molecule has 3 N–H and O–H groups in total. The molecule has 4 nitrogen and oxygen atoms in total. The minimum absolute atomic E-state index is 0.291. The number of hydrogen-bond acceptors (Lipinski definition) is 4. The topological polar surface area (TPSA) is 57.2 Å². The molecule has 2 fully saturated rings. The number of aromatic hydroxyl groups is 1. The number of rotatable bonds is 2. The van der Waals surface area contributed by atoms with E-state index in [-0.39, 0.29) is 0 Å². The van der Waals surface area contributed by atoms with Crippen LogP contribution >= 0.6 is 0 Å². The number of nitrogens with zero attached hydrogens (tertiary/aromatic N) is 1. The van der Waals surface area contributed by atoms with Crippen molar-refractivity contribution in [3.05, 3.63) is 30.5 Å². The minimum Gasteiger partial charge on any atom is -0.508 e. The van der Waals surface area contributed by atoms with E-state index < -0.39 is 0 Å². The van der Waals surface area contributed by atoms with Crippen LogP contribution in [0.4, 0.5) is 5.82 Å². The number of phenolic OH excluding ortho intramolecular Hbond substituents is 1. The summed E-state index contributed by atoms with van der Waals surface area (Å²) in [7, 11) is 0. The quantitative estimate of drug-likeness (QED) is 0.784. The zero-order valence-electron chi connectivity index (χ0n) is 11.3. The molecular weight excluding hydrogens is 250 g/mol. The predicted octanol–water partition coefficient (Wildman–Crippen LogP) is 2.64. The van der Waals surface area contributed by atoms with Gasteiger partial charge in [-0.05, 0) is 49.3 Å². The summed E-state index contributed by atoms with van der Waals surface area (Å²) in [6.07, 6.45) is 6.75. The van der Waals surface area contributed by atoms with E-state index in [9.17, 15) is 5.11 Å². The second kappa shape index (κ2) is 4.63. The van der Waals surface area contributed by atoms with Crippen molar-refractivity contribution >= 4 is 16.6 Å². The van der Waals surface area contributed by atoms with Crippen LogP contribution in [0.1, 0.15) is 25.7 Å². The van der Waals surface area contributed by atoms with Crippen LogP contribution < -0.4 is 10.6 Å². The van der Waals surface area contributed by atoms with Crippen molar-refractivity contribution in [1.82, 2.24) is 10.3 Å². The number of anilines is 1. The summed E-state index contributed by atoms with van der Waals surface area (Å²) in [6.45, 7) is 0. The van der Waals surface area contributed by atoms with E-state index in [4.69, 9.17) is 0 Å². The summed E-state index contributed by atoms with van der Waals surface area (Å²) in [4.78, 5) is 4.47. The molecule has 2 bridgehead atoms. The molecule has 2 aromatic rings. The van der Waals surface area contributed by atoms with Crippen molar-refractivity contribution < 1.29 is 5.11 Å². The molecule has 0 radical (unpaired) electrons. The molecular formula is C16H19N3O. The molecule has 0 spiro atoms. The lowest BCUT2D eigenvalue weighted by atomic mass is 9.99. The summed E-state index contributed by atoms with van der Waals surface area (Å²) in [5, 5.41) is 19.0. The molecule has 20 heavy (non-hydrogen) atoms. The van der Waals surface area contributed by atoms with Crippen molar-refractivity contribution in [2.45, 2.75) is 43.8 Å². The van der Waals surface area contributed by atoms with Gasteiger partial charge in [-0.25, -0.2) is 4.98 Å². The summed E-state index contributed by atoms with van der Waals surface area (Å²) in [5.74, 6) is 1.18. The molecule has 104 valence electrons. The van der Waals surface area contributed by atoms with Crippen LogP contribution in [0.2, 0.25) is 0 Å². The van der Waals surface area contributed by atoms with Crippen molar-refractivity contribution in [3.8, 4) is 5.75 Å². The zero-order chi connectivity index (χ0) is 13.5. The number of fused-ring (bicyclic) bond motifs is 3. The summed E-state index contributed by atoms with van der Waals surface area (Å²) < 4.78 is 0. The molecule has 2 aliphatic heterocycles. The van der Waals surface area contributed by atoms with Crippen molar-refractivity contribution in [1.29, 1.82) is 0 Å². The minimum atomic E-state index is 0.291. The molecule has 0 saturated carbocycles. The first-order chi connectivity index (χ1) is 9.78. The molecule has 3 heterocycles. The fraction of sp³-hybridized carbons (Fsp3) is 0.438. The number of hydrogen-bond donors (Lipinski definition) is 3. The van der Waals surface area contributed by atoms with Gasteiger partial charge in [-0.3, -0.25) is 0 Å². The Morgan fingerprint density at radius 2 is 1.95 bits per heavy atom. The van der Waals surface area contributed by atoms with Gasteiger partial charge in [-0.1, -0.05) is 6.07 Å². The molecule has 2 aliphatic rings. The molecule has 1 aromatic carbocycles. The second-order valence-electron chi connectivity index (χ2n) is 6.02. The van der Waals surface area contributed by atoms with Crippen LogP contribution in [0.25, 0.3) is 10.8 Å². The van der Waals surface area contributed by atoms with Gasteiger partial charge in [0.15, 0.2) is 0 Å². The van der Waals surface area contributed by atoms with Gasteiger partial charge in [-0.2, -0.15) is 0 Å². The summed E-state index contributed by atoms with van der Waals surface area (Å²) in [6, 6.07) is 9.23. The van der Waals surface area contributed by atoms with Gasteiger partial charge in [0.05, 0.1) is 0 Å². The van der Waals surface area contributed by atoms with Crippen molar-refractivity contribution in [2.75, 3.05) is 5.32 Å². The molecule has 2 atom stereocenters. The van der Waals surface area contributed by atoms with Gasteiger partial charge in [0, 0.05) is 29.7 Å². The average molecular weight is 269 g/mol. The molecule has 0 amide bonds. The van der Waals surface area contributed by atoms with Crippen molar-refractivity contribution in [2.24, 2.45) is 0 Å². The molecule has 4 rings (SSSR count). The lowest BCUT2D eigenvalue weighted by molar-refractivity contribution is 0.378. The average Bonchev–Trinajstić information content (AvgIpc) is 2.79. The van der Waals surface area contributed by atoms with Crippen LogP contribution in [0.15, 0.2) is 30.5 Å². The van der Waals surface area contributed by atoms with E-state index in [1.807, 2.05) is 18.3 Å². The largest absolute Gasteiger partial charge is 0.508 e. The number of nitrogens with one attached hydrogen (secondary N) is 2. The maximum absolute atomic E-state index is 9.69. The first kappa shape index (κ1) is 12.0. The van der Waals surface area contributed by atoms with Gasteiger partial charge in [0.2, 0.25) is 0 Å². The Kier molecular flexibility index (Phi) is 2.77. The van der Waals surface area contributed by atoms with E-state index >= 15 is 0 Å². The van der Waals surface area contributed by atoms with Crippen LogP contribution in [-0.4, -0.2) is 28.2 Å². The molecule has 0 aliphatic carbocycles. The molecule has 2 unspecified atom stereocenters. The van der Waals surface area contributed by atoms with Crippen LogP contribution in [-0.2, 0) is 0 Å². The fourth-order valence-corrected chi connectivity index (χ4v) is 3.64. The summed E-state index contributed by atoms with van der Waals surface area (Å²) >= 11 is 0. The lowest BCUT2D eigenvalue weighted by Crippen LogP contribution is -2.43. The van der Waals surface area contributed by atoms with Crippen LogP contribution in [0.5, 0.6) is 5.75 Å². The van der Waals surface area contributed by atoms with Gasteiger partial charge >= 0.3 is 0 Å². The number of piperidine rings is 1. The highest BCUT2D eigenvalue weighted by Gasteiger charge is 2.33. The maximum atomic E-state index is 9.69. The second-order valence-corrected chi connectivity index (χ2v) is 6.02. The monoisotopic (exact) mass is 269 g/mol. The summed E-state index contributed by atoms with van der Waals surface area (Å²) in [5.41, 5.74) is 0. The Labute approximate surface area is 118 Å². The van der Waals surface area contributed by atoms with Gasteiger partial charge in [0.1, 0.15) is 11.6 Å². The maximum Gasteiger partial charge on any atom is 0.134 e. The first-order valence-electron chi connectivity index (χ1n) is 7.38. The fourth-order valence-electron chi connectivity index (χ4n) is 3.64. The number of aromatic nitrogens is 1. The Bertz CT molecular complexity index is 631. The zero-order valence-corrected chi connectivity index (χ0v) is 11.3. The Morgan fingerprint density at radius 1 is 1.15 bits per heavy atom. The molecule has 1 aromatic heterocycles. The highest BCUT2D eigenvalue weighted by atomic mass is 16.3. The Balaban J connectivity index is 1.63. The third kappa shape index (κ3) is 2.10. The van der Waals surface area contributed by atoms with Gasteiger partial charge in [-0.15, -0.1) is 0 Å². The molecule has 4 heteroatoms. The Morgan fingerprint density at radius 3 is 2.75 bits per heavy atom. The normalized spacial score (nSPS) is 28.7. The predicted molar refractivity (Wildman–Crippen MR) is 80.0 cm³/mol.